The predicted octanol–water partition coefficient (Wildman–Crippen LogP) is 0.314. The van der Waals surface area contributed by atoms with Gasteiger partial charge in [0.05, 0.1) is 17.6 Å². The molecule has 0 aromatic heterocycles. The summed E-state index contributed by atoms with van der Waals surface area (Å²) in [5, 5.41) is 12.9. The molecule has 0 bridgehead atoms. The second-order valence-electron chi connectivity index (χ2n) is 5.34. The predicted molar refractivity (Wildman–Crippen MR) is 63.0 cm³/mol. The summed E-state index contributed by atoms with van der Waals surface area (Å²) in [7, 11) is -3.02. The summed E-state index contributed by atoms with van der Waals surface area (Å²) < 4.78 is 22.7. The van der Waals surface area contributed by atoms with Crippen LogP contribution >= 0.6 is 0 Å². The summed E-state index contributed by atoms with van der Waals surface area (Å²) in [6.45, 7) is 3.03. The lowest BCUT2D eigenvalue weighted by Crippen LogP contribution is -2.47. The smallest absolute Gasteiger partial charge is 0.154 e. The molecule has 1 aliphatic heterocycles. The van der Waals surface area contributed by atoms with Crippen molar-refractivity contribution < 1.29 is 13.5 Å². The molecule has 2 aliphatic rings. The van der Waals surface area contributed by atoms with Gasteiger partial charge in [-0.15, -0.1) is 0 Å². The van der Waals surface area contributed by atoms with Gasteiger partial charge in [0.15, 0.2) is 9.84 Å². The van der Waals surface area contributed by atoms with Crippen LogP contribution in [0.25, 0.3) is 0 Å². The van der Waals surface area contributed by atoms with Gasteiger partial charge in [-0.3, -0.25) is 0 Å². The molecular formula is C11H21NO3S. The maximum atomic E-state index is 11.3. The molecule has 0 aromatic rings. The van der Waals surface area contributed by atoms with Gasteiger partial charge in [-0.05, 0) is 24.7 Å². The lowest BCUT2D eigenvalue weighted by molar-refractivity contribution is 0.101. The molecule has 16 heavy (non-hydrogen) atoms. The van der Waals surface area contributed by atoms with Crippen LogP contribution in [0.1, 0.15) is 32.6 Å². The first-order valence-corrected chi connectivity index (χ1v) is 7.90. The molecule has 1 saturated heterocycles. The van der Waals surface area contributed by atoms with Crippen molar-refractivity contribution in [3.8, 4) is 0 Å². The first-order chi connectivity index (χ1) is 7.46. The molecule has 94 valence electrons. The highest BCUT2D eigenvalue weighted by Crippen LogP contribution is 2.43. The van der Waals surface area contributed by atoms with Crippen molar-refractivity contribution in [2.45, 2.75) is 44.8 Å². The number of nitrogens with one attached hydrogen (secondary N) is 1. The van der Waals surface area contributed by atoms with Crippen LogP contribution in [0.5, 0.6) is 0 Å². The molecule has 0 amide bonds. The molecule has 0 radical (unpaired) electrons. The van der Waals surface area contributed by atoms with Crippen molar-refractivity contribution in [2.75, 3.05) is 18.1 Å². The van der Waals surface area contributed by atoms with E-state index in [9.17, 15) is 13.5 Å². The van der Waals surface area contributed by atoms with Gasteiger partial charge in [-0.25, -0.2) is 8.42 Å². The van der Waals surface area contributed by atoms with Crippen molar-refractivity contribution >= 4 is 9.84 Å². The van der Waals surface area contributed by atoms with Crippen molar-refractivity contribution in [3.63, 3.8) is 0 Å². The molecule has 0 spiro atoms. The van der Waals surface area contributed by atoms with Crippen molar-refractivity contribution in [1.82, 2.24) is 5.32 Å². The van der Waals surface area contributed by atoms with E-state index in [1.807, 2.05) is 0 Å². The molecule has 2 fully saturated rings. The molecule has 2 atom stereocenters. The zero-order valence-electron chi connectivity index (χ0n) is 9.78. The number of aliphatic hydroxyl groups is 1. The van der Waals surface area contributed by atoms with Crippen LogP contribution in [0.2, 0.25) is 0 Å². The Bertz CT molecular complexity index is 343. The number of sulfone groups is 1. The summed E-state index contributed by atoms with van der Waals surface area (Å²) in [5.41, 5.74) is 0.367. The summed E-state index contributed by atoms with van der Waals surface area (Å²) in [4.78, 5) is 0. The quantitative estimate of drug-likeness (QED) is 0.750. The van der Waals surface area contributed by atoms with E-state index in [4.69, 9.17) is 0 Å². The fourth-order valence-corrected chi connectivity index (χ4v) is 4.48. The van der Waals surface area contributed by atoms with E-state index in [2.05, 4.69) is 12.2 Å². The van der Waals surface area contributed by atoms with Gasteiger partial charge in [-0.2, -0.15) is 0 Å². The second kappa shape index (κ2) is 4.27. The van der Waals surface area contributed by atoms with E-state index < -0.39 is 15.9 Å². The summed E-state index contributed by atoms with van der Waals surface area (Å²) in [6.07, 6.45) is 4.15. The maximum absolute atomic E-state index is 11.3. The Morgan fingerprint density at radius 1 is 1.38 bits per heavy atom. The maximum Gasteiger partial charge on any atom is 0.154 e. The Morgan fingerprint density at radius 2 is 2.06 bits per heavy atom. The SMILES string of the molecule is CCC1(CNC2CS(=O)(=O)CC2O)CCC1. The standard InChI is InChI=1S/C11H21NO3S/c1-2-11(4-3-5-11)8-12-9-6-16(14,15)7-10(9)13/h9-10,12-13H,2-8H2,1H3. The monoisotopic (exact) mass is 247 g/mol. The molecule has 0 aromatic carbocycles. The average molecular weight is 247 g/mol. The summed E-state index contributed by atoms with van der Waals surface area (Å²) >= 11 is 0. The molecule has 1 heterocycles. The lowest BCUT2D eigenvalue weighted by atomic mass is 9.67. The third kappa shape index (κ3) is 2.41. The van der Waals surface area contributed by atoms with Crippen LogP contribution in [0, 0.1) is 5.41 Å². The van der Waals surface area contributed by atoms with Gasteiger partial charge in [0, 0.05) is 12.6 Å². The van der Waals surface area contributed by atoms with Crippen molar-refractivity contribution in [3.05, 3.63) is 0 Å². The fraction of sp³-hybridized carbons (Fsp3) is 1.00. The Balaban J connectivity index is 1.87. The highest BCUT2D eigenvalue weighted by molar-refractivity contribution is 7.91. The summed E-state index contributed by atoms with van der Waals surface area (Å²) in [6, 6.07) is -0.256. The molecule has 5 heteroatoms. The normalized spacial score (nSPS) is 35.9. The van der Waals surface area contributed by atoms with Crippen LogP contribution < -0.4 is 5.32 Å². The van der Waals surface area contributed by atoms with Gasteiger partial charge in [-0.1, -0.05) is 13.3 Å². The van der Waals surface area contributed by atoms with Crippen LogP contribution in [-0.4, -0.2) is 43.7 Å². The number of aliphatic hydroxyl groups excluding tert-OH is 1. The van der Waals surface area contributed by atoms with Gasteiger partial charge < -0.3 is 10.4 Å². The average Bonchev–Trinajstić information content (AvgIpc) is 2.38. The van der Waals surface area contributed by atoms with Gasteiger partial charge in [0.25, 0.3) is 0 Å². The van der Waals surface area contributed by atoms with Crippen molar-refractivity contribution in [2.24, 2.45) is 5.41 Å². The topological polar surface area (TPSA) is 66.4 Å². The lowest BCUT2D eigenvalue weighted by Gasteiger charge is -2.42. The Kier molecular flexibility index (Phi) is 3.29. The molecule has 2 N–H and O–H groups in total. The third-order valence-corrected chi connectivity index (χ3v) is 5.94. The van der Waals surface area contributed by atoms with E-state index in [1.54, 1.807) is 0 Å². The second-order valence-corrected chi connectivity index (χ2v) is 7.49. The van der Waals surface area contributed by atoms with Gasteiger partial charge in [0.1, 0.15) is 0 Å². The third-order valence-electron chi connectivity index (χ3n) is 4.23. The van der Waals surface area contributed by atoms with Crippen LogP contribution in [-0.2, 0) is 9.84 Å². The zero-order valence-corrected chi connectivity index (χ0v) is 10.6. The minimum atomic E-state index is -3.02. The van der Waals surface area contributed by atoms with E-state index in [1.165, 1.54) is 19.3 Å². The highest BCUT2D eigenvalue weighted by atomic mass is 32.2. The van der Waals surface area contributed by atoms with Crippen LogP contribution in [0.3, 0.4) is 0 Å². The number of hydrogen-bond donors (Lipinski definition) is 2. The van der Waals surface area contributed by atoms with Gasteiger partial charge in [0.2, 0.25) is 0 Å². The Labute approximate surface area is 97.3 Å². The molecular weight excluding hydrogens is 226 g/mol. The fourth-order valence-electron chi connectivity index (χ4n) is 2.70. The van der Waals surface area contributed by atoms with Gasteiger partial charge >= 0.3 is 0 Å². The van der Waals surface area contributed by atoms with Crippen LogP contribution in [0.4, 0.5) is 0 Å². The highest BCUT2D eigenvalue weighted by Gasteiger charge is 2.40. The summed E-state index contributed by atoms with van der Waals surface area (Å²) in [5.74, 6) is 0.0117. The van der Waals surface area contributed by atoms with E-state index >= 15 is 0 Å². The molecule has 1 saturated carbocycles. The van der Waals surface area contributed by atoms with Crippen LogP contribution in [0.15, 0.2) is 0 Å². The molecule has 4 nitrogen and oxygen atoms in total. The molecule has 2 rings (SSSR count). The first-order valence-electron chi connectivity index (χ1n) is 6.08. The van der Waals surface area contributed by atoms with E-state index in [-0.39, 0.29) is 17.5 Å². The zero-order chi connectivity index (χ0) is 11.8. The first kappa shape index (κ1) is 12.3. The molecule has 1 aliphatic carbocycles. The Hall–Kier alpha value is -0.130. The minimum Gasteiger partial charge on any atom is -0.390 e. The largest absolute Gasteiger partial charge is 0.390 e. The Morgan fingerprint density at radius 3 is 2.44 bits per heavy atom. The number of rotatable bonds is 4. The minimum absolute atomic E-state index is 0.0796. The van der Waals surface area contributed by atoms with E-state index in [0.29, 0.717) is 5.41 Å². The molecule has 2 unspecified atom stereocenters. The van der Waals surface area contributed by atoms with Crippen molar-refractivity contribution in [1.29, 1.82) is 0 Å². The number of hydrogen-bond acceptors (Lipinski definition) is 4. The van der Waals surface area contributed by atoms with E-state index in [0.717, 1.165) is 13.0 Å².